The van der Waals surface area contributed by atoms with Crippen LogP contribution in [0.5, 0.6) is 11.5 Å². The fraction of sp³-hybridized carbons (Fsp3) is 0.125. The van der Waals surface area contributed by atoms with Gasteiger partial charge in [0.15, 0.2) is 0 Å². The molecule has 1 atom stereocenters. The number of rotatable bonds is 6. The molecule has 6 nitrogen and oxygen atoms in total. The quantitative estimate of drug-likeness (QED) is 0.166. The van der Waals surface area contributed by atoms with E-state index in [0.29, 0.717) is 28.6 Å². The summed E-state index contributed by atoms with van der Waals surface area (Å²) in [6.45, 7) is 0.208. The van der Waals surface area contributed by atoms with Crippen LogP contribution in [-0.2, 0) is 16.1 Å². The van der Waals surface area contributed by atoms with Gasteiger partial charge in [0.2, 0.25) is 5.54 Å². The van der Waals surface area contributed by atoms with E-state index in [1.54, 1.807) is 84.2 Å². The molecule has 0 spiro atoms. The van der Waals surface area contributed by atoms with E-state index in [-0.39, 0.29) is 29.2 Å². The third kappa shape index (κ3) is 5.38. The molecule has 5 aromatic carbocycles. The van der Waals surface area contributed by atoms with Crippen LogP contribution in [0.4, 0.5) is 18.0 Å². The maximum Gasteiger partial charge on any atom is 0.422 e. The monoisotopic (exact) mass is 559 g/mol. The third-order valence-corrected chi connectivity index (χ3v) is 6.79. The molecule has 0 saturated carbocycles. The number of phenols is 1. The molecule has 0 bridgehead atoms. The minimum atomic E-state index is -5.24. The first kappa shape index (κ1) is 27.5. The fourth-order valence-corrected chi connectivity index (χ4v) is 4.52. The first-order chi connectivity index (χ1) is 19.6. The van der Waals surface area contributed by atoms with Gasteiger partial charge in [0.25, 0.3) is 0 Å². The molecular weight excluding hydrogens is 535 g/mol. The predicted octanol–water partition coefficient (Wildman–Crippen LogP) is 7.52. The minimum absolute atomic E-state index is 0.154. The van der Waals surface area contributed by atoms with Gasteiger partial charge in [-0.2, -0.15) is 13.2 Å². The van der Waals surface area contributed by atoms with Crippen molar-refractivity contribution in [3.05, 3.63) is 109 Å². The Morgan fingerprint density at radius 3 is 1.95 bits per heavy atom. The molecular formula is C32H24F3NO5. The second kappa shape index (κ2) is 10.8. The van der Waals surface area contributed by atoms with E-state index in [9.17, 15) is 27.9 Å². The second-order valence-electron chi connectivity index (χ2n) is 9.54. The molecule has 2 N–H and O–H groups in total. The maximum absolute atomic E-state index is 14.3. The molecule has 0 radical (unpaired) electrons. The number of halogens is 3. The molecule has 0 saturated heterocycles. The number of ether oxygens (including phenoxy) is 2. The van der Waals surface area contributed by atoms with Gasteiger partial charge in [-0.1, -0.05) is 91.0 Å². The van der Waals surface area contributed by atoms with Gasteiger partial charge in [-0.05, 0) is 46.2 Å². The Bertz CT molecular complexity index is 1750. The van der Waals surface area contributed by atoms with E-state index < -0.39 is 23.8 Å². The van der Waals surface area contributed by atoms with Crippen LogP contribution in [0.2, 0.25) is 0 Å². The summed E-state index contributed by atoms with van der Waals surface area (Å²) in [4.78, 5) is 25.7. The fourth-order valence-electron chi connectivity index (χ4n) is 4.52. The van der Waals surface area contributed by atoms with E-state index in [0.717, 1.165) is 5.39 Å². The highest BCUT2D eigenvalue weighted by atomic mass is 19.4. The van der Waals surface area contributed by atoms with Crippen molar-refractivity contribution in [3.8, 4) is 22.6 Å². The van der Waals surface area contributed by atoms with Crippen LogP contribution in [0.15, 0.2) is 103 Å². The largest absolute Gasteiger partial charge is 0.507 e. The lowest BCUT2D eigenvalue weighted by atomic mass is 9.92. The summed E-state index contributed by atoms with van der Waals surface area (Å²) in [5.41, 5.74) is -2.40. The number of benzene rings is 5. The highest BCUT2D eigenvalue weighted by molar-refractivity contribution is 6.10. The van der Waals surface area contributed by atoms with Crippen molar-refractivity contribution in [2.75, 3.05) is 0 Å². The van der Waals surface area contributed by atoms with Crippen molar-refractivity contribution >= 4 is 33.6 Å². The lowest BCUT2D eigenvalue weighted by Gasteiger charge is -2.30. The zero-order valence-electron chi connectivity index (χ0n) is 21.7. The summed E-state index contributed by atoms with van der Waals surface area (Å²) in [6.07, 6.45) is -6.69. The number of amides is 1. The highest BCUT2D eigenvalue weighted by Gasteiger charge is 2.60. The Kier molecular flexibility index (Phi) is 7.28. The number of carbonyl (C=O) groups excluding carboxylic acids is 2. The SMILES string of the molecule is C[C@@](NC(=O)OCc1ccccc1)(C(=O)Oc1ccc2ccccc2c1-c1c(O)ccc2ccccc12)C(F)(F)F. The lowest BCUT2D eigenvalue weighted by Crippen LogP contribution is -2.63. The van der Waals surface area contributed by atoms with Crippen molar-refractivity contribution in [2.24, 2.45) is 0 Å². The normalized spacial score (nSPS) is 13.0. The zero-order valence-corrected chi connectivity index (χ0v) is 21.7. The van der Waals surface area contributed by atoms with Gasteiger partial charge >= 0.3 is 18.2 Å². The average Bonchev–Trinajstić information content (AvgIpc) is 2.96. The zero-order chi connectivity index (χ0) is 29.2. The number of aromatic hydroxyl groups is 1. The molecule has 0 heterocycles. The minimum Gasteiger partial charge on any atom is -0.507 e. The summed E-state index contributed by atoms with van der Waals surface area (Å²) in [7, 11) is 0. The molecule has 5 rings (SSSR count). The van der Waals surface area contributed by atoms with Crippen LogP contribution in [-0.4, -0.2) is 28.9 Å². The van der Waals surface area contributed by atoms with E-state index >= 15 is 0 Å². The Morgan fingerprint density at radius 1 is 0.756 bits per heavy atom. The van der Waals surface area contributed by atoms with E-state index in [1.165, 1.54) is 12.1 Å². The van der Waals surface area contributed by atoms with Gasteiger partial charge in [0, 0.05) is 11.1 Å². The lowest BCUT2D eigenvalue weighted by molar-refractivity contribution is -0.202. The number of phenolic OH excluding ortho intramolecular Hbond substituents is 1. The Labute approximate surface area is 232 Å². The van der Waals surface area contributed by atoms with Crippen molar-refractivity contribution in [3.63, 3.8) is 0 Å². The molecule has 0 aliphatic carbocycles. The first-order valence-electron chi connectivity index (χ1n) is 12.6. The van der Waals surface area contributed by atoms with Gasteiger partial charge in [-0.25, -0.2) is 9.59 Å². The highest BCUT2D eigenvalue weighted by Crippen LogP contribution is 2.45. The summed E-state index contributed by atoms with van der Waals surface area (Å²) < 4.78 is 53.3. The summed E-state index contributed by atoms with van der Waals surface area (Å²) in [5, 5.41) is 15.2. The molecule has 9 heteroatoms. The molecule has 41 heavy (non-hydrogen) atoms. The maximum atomic E-state index is 14.3. The number of fused-ring (bicyclic) bond motifs is 2. The van der Waals surface area contributed by atoms with Crippen molar-refractivity contribution < 1.29 is 37.3 Å². The summed E-state index contributed by atoms with van der Waals surface area (Å²) in [6, 6.07) is 28.6. The van der Waals surface area contributed by atoms with E-state index in [1.807, 2.05) is 12.1 Å². The summed E-state index contributed by atoms with van der Waals surface area (Å²) >= 11 is 0. The standard InChI is InChI=1S/C32H24F3NO5/c1-31(32(33,34)35,36-30(39)40-19-20-9-3-2-4-10-20)29(38)41-26-18-16-22-12-6-8-14-24(22)28(26)27-23-13-7-5-11-21(23)15-17-25(27)37/h2-18,37H,19H2,1H3,(H,36,39)/t31-/m1/s1. The van der Waals surface area contributed by atoms with Gasteiger partial charge < -0.3 is 14.6 Å². The molecule has 0 aliphatic rings. The topological polar surface area (TPSA) is 84.9 Å². The number of hydrogen-bond acceptors (Lipinski definition) is 5. The number of nitrogens with one attached hydrogen (secondary N) is 1. The van der Waals surface area contributed by atoms with E-state index in [4.69, 9.17) is 9.47 Å². The molecule has 0 fully saturated rings. The van der Waals surface area contributed by atoms with Crippen molar-refractivity contribution in [1.29, 1.82) is 0 Å². The predicted molar refractivity (Wildman–Crippen MR) is 148 cm³/mol. The second-order valence-corrected chi connectivity index (χ2v) is 9.54. The molecule has 208 valence electrons. The Hall–Kier alpha value is -5.05. The van der Waals surface area contributed by atoms with Gasteiger partial charge in [-0.15, -0.1) is 0 Å². The van der Waals surface area contributed by atoms with Crippen LogP contribution in [0.1, 0.15) is 12.5 Å². The van der Waals surface area contributed by atoms with Crippen LogP contribution in [0.3, 0.4) is 0 Å². The number of alkyl carbamates (subject to hydrolysis) is 1. The first-order valence-corrected chi connectivity index (χ1v) is 12.6. The van der Waals surface area contributed by atoms with Crippen LogP contribution >= 0.6 is 0 Å². The van der Waals surface area contributed by atoms with Crippen molar-refractivity contribution in [1.82, 2.24) is 5.32 Å². The number of esters is 1. The molecule has 0 aliphatic heterocycles. The molecule has 5 aromatic rings. The van der Waals surface area contributed by atoms with Crippen molar-refractivity contribution in [2.45, 2.75) is 25.2 Å². The third-order valence-electron chi connectivity index (χ3n) is 6.79. The van der Waals surface area contributed by atoms with Crippen LogP contribution in [0, 0.1) is 0 Å². The van der Waals surface area contributed by atoms with Crippen LogP contribution in [0.25, 0.3) is 32.7 Å². The molecule has 0 unspecified atom stereocenters. The van der Waals surface area contributed by atoms with Gasteiger partial charge in [0.05, 0.1) is 0 Å². The van der Waals surface area contributed by atoms with E-state index in [2.05, 4.69) is 0 Å². The number of carbonyl (C=O) groups is 2. The number of hydrogen-bond donors (Lipinski definition) is 2. The molecule has 1 amide bonds. The molecule has 0 aromatic heterocycles. The smallest absolute Gasteiger partial charge is 0.422 e. The average molecular weight is 560 g/mol. The van der Waals surface area contributed by atoms with Gasteiger partial charge in [0.1, 0.15) is 18.1 Å². The number of alkyl halides is 3. The van der Waals surface area contributed by atoms with Crippen LogP contribution < -0.4 is 10.1 Å². The Morgan fingerprint density at radius 2 is 1.32 bits per heavy atom. The van der Waals surface area contributed by atoms with Gasteiger partial charge in [-0.3, -0.25) is 5.32 Å². The summed E-state index contributed by atoms with van der Waals surface area (Å²) in [5.74, 6) is -2.16. The Balaban J connectivity index is 1.55.